The van der Waals surface area contributed by atoms with Gasteiger partial charge in [0.1, 0.15) is 0 Å². The quantitative estimate of drug-likeness (QED) is 0.364. The Kier molecular flexibility index (Phi) is 3.18. The van der Waals surface area contributed by atoms with E-state index in [1.165, 1.54) is 0 Å². The molecule has 0 heterocycles. The standard InChI is InChI=1S/C7H6O5.B/c8-4-1-3(7(11)12)2-5(9)6(4)10;/h1-2,8-10H,(H,11,12);. The average Bonchev–Trinajstić information content (AvgIpc) is 1.99. The highest BCUT2D eigenvalue weighted by Gasteiger charge is 2.11. The molecule has 3 radical (unpaired) electrons. The lowest BCUT2D eigenvalue weighted by Crippen LogP contribution is -1.95. The first-order chi connectivity index (χ1) is 5.52. The van der Waals surface area contributed by atoms with Gasteiger partial charge in [0.2, 0.25) is 0 Å². The number of phenols is 3. The number of carboxylic acid groups (broad SMARTS) is 1. The molecule has 13 heavy (non-hydrogen) atoms. The molecule has 0 unspecified atom stereocenters. The maximum atomic E-state index is 10.3. The van der Waals surface area contributed by atoms with Gasteiger partial charge in [-0.2, -0.15) is 0 Å². The largest absolute Gasteiger partial charge is 0.504 e. The SMILES string of the molecule is O=C(O)c1cc(O)c(O)c(O)c1.[B]. The molecular weight excluding hydrogens is 175 g/mol. The molecule has 0 fully saturated rings. The Morgan fingerprint density at radius 3 is 1.77 bits per heavy atom. The van der Waals surface area contributed by atoms with Crippen LogP contribution in [0, 0.1) is 0 Å². The molecule has 1 aromatic rings. The number of rotatable bonds is 1. The topological polar surface area (TPSA) is 98.0 Å². The van der Waals surface area contributed by atoms with Crippen LogP contribution in [-0.2, 0) is 0 Å². The van der Waals surface area contributed by atoms with E-state index in [2.05, 4.69) is 0 Å². The summed E-state index contributed by atoms with van der Waals surface area (Å²) in [5, 5.41) is 35.0. The molecule has 6 heteroatoms. The van der Waals surface area contributed by atoms with Gasteiger partial charge >= 0.3 is 5.97 Å². The van der Waals surface area contributed by atoms with Gasteiger partial charge in [-0.15, -0.1) is 0 Å². The normalized spacial score (nSPS) is 8.92. The lowest BCUT2D eigenvalue weighted by Gasteiger charge is -2.01. The van der Waals surface area contributed by atoms with Gasteiger partial charge in [-0.1, -0.05) is 0 Å². The summed E-state index contributed by atoms with van der Waals surface area (Å²) in [7, 11) is 0. The number of aromatic carboxylic acids is 1. The fourth-order valence-corrected chi connectivity index (χ4v) is 0.728. The summed E-state index contributed by atoms with van der Waals surface area (Å²) in [6.07, 6.45) is 0. The Morgan fingerprint density at radius 1 is 1.08 bits per heavy atom. The zero-order chi connectivity index (χ0) is 9.30. The average molecular weight is 181 g/mol. The summed E-state index contributed by atoms with van der Waals surface area (Å²) < 4.78 is 0. The number of hydrogen-bond donors (Lipinski definition) is 4. The van der Waals surface area contributed by atoms with Crippen molar-refractivity contribution in [2.45, 2.75) is 0 Å². The van der Waals surface area contributed by atoms with E-state index < -0.39 is 23.2 Å². The molecule has 0 aliphatic carbocycles. The Balaban J connectivity index is 0.00000144. The molecule has 5 nitrogen and oxygen atoms in total. The van der Waals surface area contributed by atoms with Crippen molar-refractivity contribution in [1.29, 1.82) is 0 Å². The molecule has 0 spiro atoms. The van der Waals surface area contributed by atoms with Crippen molar-refractivity contribution in [3.8, 4) is 17.2 Å². The number of phenolic OH excluding ortho intramolecular Hbond substituents is 3. The minimum absolute atomic E-state index is 0. The van der Waals surface area contributed by atoms with Crippen LogP contribution in [0.25, 0.3) is 0 Å². The van der Waals surface area contributed by atoms with E-state index in [1.807, 2.05) is 0 Å². The molecule has 0 amide bonds. The summed E-state index contributed by atoms with van der Waals surface area (Å²) in [5.41, 5.74) is -0.289. The molecule has 4 N–H and O–H groups in total. The summed E-state index contributed by atoms with van der Waals surface area (Å²) in [5.74, 6) is -3.33. The van der Waals surface area contributed by atoms with Gasteiger partial charge in [-0.25, -0.2) is 4.79 Å². The molecule has 0 aromatic heterocycles. The van der Waals surface area contributed by atoms with E-state index in [-0.39, 0.29) is 14.0 Å². The summed E-state index contributed by atoms with van der Waals surface area (Å²) in [4.78, 5) is 10.3. The van der Waals surface area contributed by atoms with E-state index >= 15 is 0 Å². The highest BCUT2D eigenvalue weighted by Crippen LogP contribution is 2.35. The van der Waals surface area contributed by atoms with Crippen LogP contribution in [-0.4, -0.2) is 34.8 Å². The van der Waals surface area contributed by atoms with Gasteiger partial charge in [0.25, 0.3) is 0 Å². The van der Waals surface area contributed by atoms with Crippen molar-refractivity contribution in [2.75, 3.05) is 0 Å². The van der Waals surface area contributed by atoms with Gasteiger partial charge in [-0.3, -0.25) is 0 Å². The van der Waals surface area contributed by atoms with Gasteiger partial charge in [-0.05, 0) is 12.1 Å². The zero-order valence-corrected chi connectivity index (χ0v) is 6.43. The highest BCUT2D eigenvalue weighted by atomic mass is 16.4. The van der Waals surface area contributed by atoms with Gasteiger partial charge in [0.15, 0.2) is 17.2 Å². The molecule has 0 saturated heterocycles. The third-order valence-corrected chi connectivity index (χ3v) is 1.32. The molecule has 1 aromatic carbocycles. The van der Waals surface area contributed by atoms with Crippen molar-refractivity contribution in [1.82, 2.24) is 0 Å². The van der Waals surface area contributed by atoms with Crippen molar-refractivity contribution >= 4 is 14.4 Å². The van der Waals surface area contributed by atoms with Crippen LogP contribution in [0.4, 0.5) is 0 Å². The van der Waals surface area contributed by atoms with Crippen LogP contribution in [0.2, 0.25) is 0 Å². The smallest absolute Gasteiger partial charge is 0.335 e. The van der Waals surface area contributed by atoms with Crippen molar-refractivity contribution < 1.29 is 25.2 Å². The monoisotopic (exact) mass is 181 g/mol. The first-order valence-electron chi connectivity index (χ1n) is 3.00. The van der Waals surface area contributed by atoms with Gasteiger partial charge in [0, 0.05) is 8.41 Å². The van der Waals surface area contributed by atoms with Gasteiger partial charge in [0.05, 0.1) is 5.56 Å². The fourth-order valence-electron chi connectivity index (χ4n) is 0.728. The maximum Gasteiger partial charge on any atom is 0.335 e. The lowest BCUT2D eigenvalue weighted by atomic mass is 10.2. The minimum atomic E-state index is -1.29. The number of aromatic hydroxyl groups is 3. The van der Waals surface area contributed by atoms with Gasteiger partial charge < -0.3 is 20.4 Å². The Hall–Kier alpha value is -1.85. The number of carbonyl (C=O) groups is 1. The predicted octanol–water partition coefficient (Wildman–Crippen LogP) is 0.121. The lowest BCUT2D eigenvalue weighted by molar-refractivity contribution is 0.0696. The zero-order valence-electron chi connectivity index (χ0n) is 6.43. The number of benzene rings is 1. The van der Waals surface area contributed by atoms with E-state index in [0.29, 0.717) is 0 Å². The van der Waals surface area contributed by atoms with Crippen molar-refractivity contribution in [2.24, 2.45) is 0 Å². The van der Waals surface area contributed by atoms with Crippen molar-refractivity contribution in [3.63, 3.8) is 0 Å². The van der Waals surface area contributed by atoms with E-state index in [0.717, 1.165) is 12.1 Å². The van der Waals surface area contributed by atoms with Crippen LogP contribution in [0.1, 0.15) is 10.4 Å². The second-order valence-corrected chi connectivity index (χ2v) is 2.17. The van der Waals surface area contributed by atoms with Crippen LogP contribution >= 0.6 is 0 Å². The minimum Gasteiger partial charge on any atom is -0.504 e. The maximum absolute atomic E-state index is 10.3. The Labute approximate surface area is 75.5 Å². The van der Waals surface area contributed by atoms with Crippen LogP contribution in [0.3, 0.4) is 0 Å². The number of hydrogen-bond acceptors (Lipinski definition) is 4. The van der Waals surface area contributed by atoms with E-state index in [1.54, 1.807) is 0 Å². The first kappa shape index (κ1) is 11.2. The van der Waals surface area contributed by atoms with Crippen LogP contribution < -0.4 is 0 Å². The molecular formula is C7H6BO5. The third-order valence-electron chi connectivity index (χ3n) is 1.32. The van der Waals surface area contributed by atoms with Crippen molar-refractivity contribution in [3.05, 3.63) is 17.7 Å². The Bertz CT molecular complexity index is 313. The molecule has 1 rings (SSSR count). The molecule has 0 aliphatic rings. The summed E-state index contributed by atoms with van der Waals surface area (Å²) in [6.45, 7) is 0. The van der Waals surface area contributed by atoms with E-state index in [9.17, 15) is 4.79 Å². The fraction of sp³-hybridized carbons (Fsp3) is 0. The highest BCUT2D eigenvalue weighted by molar-refractivity contribution is 5.89. The summed E-state index contributed by atoms with van der Waals surface area (Å²) >= 11 is 0. The third kappa shape index (κ3) is 2.05. The summed E-state index contributed by atoms with van der Waals surface area (Å²) in [6, 6.07) is 1.69. The van der Waals surface area contributed by atoms with Crippen LogP contribution in [0.15, 0.2) is 12.1 Å². The molecule has 0 atom stereocenters. The first-order valence-corrected chi connectivity index (χ1v) is 3.00. The number of carboxylic acids is 1. The molecule has 0 aliphatic heterocycles. The molecule has 67 valence electrons. The Morgan fingerprint density at radius 2 is 1.46 bits per heavy atom. The second kappa shape index (κ2) is 3.71. The van der Waals surface area contributed by atoms with Crippen LogP contribution in [0.5, 0.6) is 17.2 Å². The molecule has 0 saturated carbocycles. The predicted molar refractivity (Wildman–Crippen MR) is 44.1 cm³/mol. The van der Waals surface area contributed by atoms with E-state index in [4.69, 9.17) is 20.4 Å². The second-order valence-electron chi connectivity index (χ2n) is 2.17. The molecule has 0 bridgehead atoms.